The third-order valence-electron chi connectivity index (χ3n) is 10.2. The predicted molar refractivity (Wildman–Crippen MR) is 229 cm³/mol. The summed E-state index contributed by atoms with van der Waals surface area (Å²) in [5, 5.41) is 28.6. The van der Waals surface area contributed by atoms with Gasteiger partial charge in [0.1, 0.15) is 0 Å². The summed E-state index contributed by atoms with van der Waals surface area (Å²) in [4.78, 5) is 25.0. The van der Waals surface area contributed by atoms with Crippen molar-refractivity contribution in [2.75, 3.05) is 16.8 Å². The fourth-order valence-electron chi connectivity index (χ4n) is 6.95. The van der Waals surface area contributed by atoms with E-state index in [2.05, 4.69) is 50.4 Å². The van der Waals surface area contributed by atoms with E-state index in [9.17, 15) is 14.7 Å². The number of thioether (sulfide) groups is 1. The Balaban J connectivity index is 0.934. The fourth-order valence-corrected chi connectivity index (χ4v) is 7.86. The molecule has 12 nitrogen and oxygen atoms in total. The van der Waals surface area contributed by atoms with E-state index < -0.39 is 6.29 Å². The number of para-hydroxylation sites is 3. The summed E-state index contributed by atoms with van der Waals surface area (Å²) in [7, 11) is 0. The quantitative estimate of drug-likeness (QED) is 0.0377. The van der Waals surface area contributed by atoms with Crippen molar-refractivity contribution in [1.82, 2.24) is 25.5 Å². The fraction of sp³-hybridized carbons (Fsp3) is 0.283. The minimum absolute atomic E-state index is 0.00568. The number of tetrazole rings is 1. The summed E-state index contributed by atoms with van der Waals surface area (Å²) in [5.74, 6) is 0.557. The van der Waals surface area contributed by atoms with E-state index in [1.807, 2.05) is 91.0 Å². The Labute approximate surface area is 348 Å². The highest BCUT2D eigenvalue weighted by molar-refractivity contribution is 7.99. The van der Waals surface area contributed by atoms with E-state index >= 15 is 0 Å². The summed E-state index contributed by atoms with van der Waals surface area (Å²) in [6.45, 7) is 0.401. The normalized spacial score (nSPS) is 16.4. The number of ether oxygens (including phenoxy) is 2. The SMILES string of the molecule is Nc1ccccc1NC(=O)CCCCCCC(=O)NCc1cccc(-c2cccc([C@H]3O[C@@H](CSc4nnnn4-c4ccccc4)C[C@@H](c4ccc(CO)cc4)O3)c2)c1. The number of benzene rings is 5. The molecule has 5 N–H and O–H groups in total. The molecule has 0 unspecified atom stereocenters. The van der Waals surface area contributed by atoms with Crippen molar-refractivity contribution in [3.63, 3.8) is 0 Å². The van der Waals surface area contributed by atoms with E-state index in [1.54, 1.807) is 16.8 Å². The zero-order valence-electron chi connectivity index (χ0n) is 32.8. The van der Waals surface area contributed by atoms with Crippen LogP contribution in [0.3, 0.4) is 0 Å². The highest BCUT2D eigenvalue weighted by Crippen LogP contribution is 2.40. The lowest BCUT2D eigenvalue weighted by atomic mass is 9.99. The van der Waals surface area contributed by atoms with Crippen molar-refractivity contribution < 1.29 is 24.2 Å². The first-order chi connectivity index (χ1) is 28.9. The molecule has 5 aromatic carbocycles. The molecule has 0 aliphatic carbocycles. The number of aliphatic hydroxyl groups is 1. The van der Waals surface area contributed by atoms with E-state index in [4.69, 9.17) is 15.2 Å². The number of anilines is 2. The van der Waals surface area contributed by atoms with Gasteiger partial charge in [0.15, 0.2) is 6.29 Å². The van der Waals surface area contributed by atoms with Crippen molar-refractivity contribution in [3.8, 4) is 16.8 Å². The van der Waals surface area contributed by atoms with E-state index in [0.717, 1.165) is 64.8 Å². The zero-order valence-corrected chi connectivity index (χ0v) is 33.6. The highest BCUT2D eigenvalue weighted by Gasteiger charge is 2.33. The van der Waals surface area contributed by atoms with Crippen LogP contribution in [-0.2, 0) is 32.2 Å². The summed E-state index contributed by atoms with van der Waals surface area (Å²) < 4.78 is 15.0. The predicted octanol–water partition coefficient (Wildman–Crippen LogP) is 8.34. The number of hydrogen-bond acceptors (Lipinski definition) is 10. The van der Waals surface area contributed by atoms with Gasteiger partial charge in [-0.2, -0.15) is 4.68 Å². The standard InChI is InChI=1S/C46H49N7O5S/c47-40-18-8-9-19-41(40)49-44(56)21-7-2-1-6-20-43(55)48-29-33-12-10-13-35(26-33)36-14-11-15-37(27-36)45-57-39(28-42(58-45)34-24-22-32(30-54)23-25-34)31-59-46-50-51-52-53(46)38-16-4-3-5-17-38/h3-5,8-19,22-27,39,42,45,54H,1-2,6-7,20-21,28-31,47H2,(H,48,55)(H,49,56)/t39-,42+,45+/m1/s1. The maximum absolute atomic E-state index is 12.7. The Kier molecular flexibility index (Phi) is 14.5. The number of carbonyl (C=O) groups is 2. The van der Waals surface area contributed by atoms with Crippen LogP contribution in [0.1, 0.15) is 79.6 Å². The second-order valence-electron chi connectivity index (χ2n) is 14.5. The van der Waals surface area contributed by atoms with Crippen molar-refractivity contribution in [1.29, 1.82) is 0 Å². The Morgan fingerprint density at radius 1 is 0.763 bits per heavy atom. The largest absolute Gasteiger partial charge is 0.397 e. The molecule has 1 saturated heterocycles. The molecule has 0 spiro atoms. The molecule has 2 heterocycles. The molecule has 1 fully saturated rings. The Hall–Kier alpha value is -5.86. The summed E-state index contributed by atoms with van der Waals surface area (Å²) >= 11 is 1.54. The second kappa shape index (κ2) is 20.7. The molecule has 2 amide bonds. The van der Waals surface area contributed by atoms with Gasteiger partial charge in [-0.15, -0.1) is 5.10 Å². The molecule has 3 atom stereocenters. The number of unbranched alkanes of at least 4 members (excludes halogenated alkanes) is 3. The van der Waals surface area contributed by atoms with Crippen LogP contribution in [0.15, 0.2) is 133 Å². The van der Waals surface area contributed by atoms with E-state index in [1.165, 1.54) is 11.8 Å². The third-order valence-corrected chi connectivity index (χ3v) is 11.2. The smallest absolute Gasteiger partial charge is 0.224 e. The van der Waals surface area contributed by atoms with Crippen LogP contribution in [0.25, 0.3) is 16.8 Å². The first kappa shape index (κ1) is 41.3. The number of nitrogens with one attached hydrogen (secondary N) is 2. The van der Waals surface area contributed by atoms with Crippen LogP contribution in [0, 0.1) is 0 Å². The minimum atomic E-state index is -0.629. The van der Waals surface area contributed by atoms with Crippen LogP contribution in [0.2, 0.25) is 0 Å². The van der Waals surface area contributed by atoms with Crippen LogP contribution < -0.4 is 16.4 Å². The molecule has 7 rings (SSSR count). The summed E-state index contributed by atoms with van der Waals surface area (Å²) in [6.07, 6.45) is 3.71. The zero-order chi connectivity index (χ0) is 40.8. The molecule has 0 radical (unpaired) electrons. The molecule has 1 aliphatic heterocycles. The number of hydrogen-bond donors (Lipinski definition) is 4. The molecule has 6 aromatic rings. The van der Waals surface area contributed by atoms with Gasteiger partial charge in [-0.05, 0) is 87.5 Å². The van der Waals surface area contributed by atoms with E-state index in [0.29, 0.717) is 48.1 Å². The molecule has 59 heavy (non-hydrogen) atoms. The molecule has 304 valence electrons. The van der Waals surface area contributed by atoms with Crippen LogP contribution >= 0.6 is 11.8 Å². The van der Waals surface area contributed by atoms with Crippen molar-refractivity contribution in [2.24, 2.45) is 0 Å². The maximum atomic E-state index is 12.7. The number of amides is 2. The molecule has 0 bridgehead atoms. The average molecular weight is 812 g/mol. The van der Waals surface area contributed by atoms with Gasteiger partial charge < -0.3 is 30.9 Å². The molecule has 13 heteroatoms. The van der Waals surface area contributed by atoms with Gasteiger partial charge in [-0.3, -0.25) is 9.59 Å². The van der Waals surface area contributed by atoms with Crippen molar-refractivity contribution in [2.45, 2.75) is 81.8 Å². The van der Waals surface area contributed by atoms with Gasteiger partial charge in [-0.25, -0.2) is 0 Å². The number of nitrogens with zero attached hydrogens (tertiary/aromatic N) is 4. The molecule has 0 saturated carbocycles. The lowest BCUT2D eigenvalue weighted by Crippen LogP contribution is -2.31. The lowest BCUT2D eigenvalue weighted by Gasteiger charge is -2.36. The number of nitrogen functional groups attached to an aromatic ring is 1. The summed E-state index contributed by atoms with van der Waals surface area (Å²) in [6, 6.07) is 41.2. The molecule has 1 aromatic heterocycles. The van der Waals surface area contributed by atoms with Gasteiger partial charge in [0, 0.05) is 37.1 Å². The maximum Gasteiger partial charge on any atom is 0.224 e. The van der Waals surface area contributed by atoms with Crippen LogP contribution in [0.5, 0.6) is 0 Å². The number of aromatic nitrogens is 4. The number of carbonyl (C=O) groups excluding carboxylic acids is 2. The van der Waals surface area contributed by atoms with Crippen LogP contribution in [-0.4, -0.2) is 49.0 Å². The highest BCUT2D eigenvalue weighted by atomic mass is 32.2. The summed E-state index contributed by atoms with van der Waals surface area (Å²) in [5.41, 5.74) is 13.7. The molecule has 1 aliphatic rings. The number of nitrogens with two attached hydrogens (primary N) is 1. The van der Waals surface area contributed by atoms with Gasteiger partial charge in [0.25, 0.3) is 0 Å². The first-order valence-electron chi connectivity index (χ1n) is 20.0. The van der Waals surface area contributed by atoms with Gasteiger partial charge >= 0.3 is 0 Å². The lowest BCUT2D eigenvalue weighted by molar-refractivity contribution is -0.245. The van der Waals surface area contributed by atoms with Gasteiger partial charge in [-0.1, -0.05) is 116 Å². The molecular weight excluding hydrogens is 763 g/mol. The van der Waals surface area contributed by atoms with Crippen molar-refractivity contribution >= 4 is 35.0 Å². The average Bonchev–Trinajstić information content (AvgIpc) is 3.76. The van der Waals surface area contributed by atoms with Gasteiger partial charge in [0.05, 0.1) is 35.9 Å². The second-order valence-corrected chi connectivity index (χ2v) is 15.5. The topological polar surface area (TPSA) is 167 Å². The third kappa shape index (κ3) is 11.6. The van der Waals surface area contributed by atoms with Crippen LogP contribution in [0.4, 0.5) is 11.4 Å². The van der Waals surface area contributed by atoms with Gasteiger partial charge in [0.2, 0.25) is 17.0 Å². The Morgan fingerprint density at radius 2 is 1.49 bits per heavy atom. The first-order valence-corrected chi connectivity index (χ1v) is 21.0. The minimum Gasteiger partial charge on any atom is -0.397 e. The number of aliphatic hydroxyl groups excluding tert-OH is 1. The molecular formula is C46H49N7O5S. The Morgan fingerprint density at radius 3 is 2.27 bits per heavy atom. The monoisotopic (exact) mass is 811 g/mol. The van der Waals surface area contributed by atoms with E-state index in [-0.39, 0.29) is 30.6 Å². The number of rotatable bonds is 18. The van der Waals surface area contributed by atoms with Crippen molar-refractivity contribution in [3.05, 3.63) is 150 Å². The Bertz CT molecular complexity index is 2290.